The Bertz CT molecular complexity index is 562. The lowest BCUT2D eigenvalue weighted by Gasteiger charge is -2.25. The van der Waals surface area contributed by atoms with Gasteiger partial charge in [-0.1, -0.05) is 28.1 Å². The Kier molecular flexibility index (Phi) is 5.83. The largest absolute Gasteiger partial charge is 0.481 e. The van der Waals surface area contributed by atoms with Crippen LogP contribution in [0.25, 0.3) is 0 Å². The number of hydrogen-bond acceptors (Lipinski definition) is 2. The normalized spacial score (nSPS) is 17.5. The molecule has 0 spiro atoms. The topological polar surface area (TPSA) is 69.6 Å². The molecule has 2 rings (SSSR count). The standard InChI is InChI=1S/C16H21BrN2O3/c1-11-10-12(6-7-13(11)17)14-4-3-9-19(14)16(22)18-8-2-5-15(20)21/h6-7,10,14H,2-5,8-9H2,1H3,(H,18,22)(H,20,21). The Labute approximate surface area is 138 Å². The highest BCUT2D eigenvalue weighted by atomic mass is 79.9. The Hall–Kier alpha value is -1.56. The maximum atomic E-state index is 12.3. The molecular weight excluding hydrogens is 348 g/mol. The maximum Gasteiger partial charge on any atom is 0.317 e. The van der Waals surface area contributed by atoms with Crippen LogP contribution in [0.2, 0.25) is 0 Å². The molecule has 1 aliphatic rings. The van der Waals surface area contributed by atoms with Crippen LogP contribution in [0.4, 0.5) is 4.79 Å². The number of nitrogens with zero attached hydrogens (tertiary/aromatic N) is 1. The third-order valence-electron chi connectivity index (χ3n) is 3.92. The molecule has 2 amide bonds. The van der Waals surface area contributed by atoms with Crippen molar-refractivity contribution in [3.8, 4) is 0 Å². The molecule has 1 atom stereocenters. The van der Waals surface area contributed by atoms with Crippen molar-refractivity contribution in [2.45, 2.75) is 38.6 Å². The molecule has 1 fully saturated rings. The smallest absolute Gasteiger partial charge is 0.317 e. The van der Waals surface area contributed by atoms with Crippen LogP contribution in [-0.4, -0.2) is 35.1 Å². The van der Waals surface area contributed by atoms with Gasteiger partial charge in [0.05, 0.1) is 6.04 Å². The van der Waals surface area contributed by atoms with E-state index in [-0.39, 0.29) is 18.5 Å². The molecule has 120 valence electrons. The zero-order valence-corrected chi connectivity index (χ0v) is 14.2. The van der Waals surface area contributed by atoms with Crippen LogP contribution >= 0.6 is 15.9 Å². The van der Waals surface area contributed by atoms with Gasteiger partial charge in [-0.15, -0.1) is 0 Å². The lowest BCUT2D eigenvalue weighted by molar-refractivity contribution is -0.137. The molecule has 5 nitrogen and oxygen atoms in total. The van der Waals surface area contributed by atoms with Gasteiger partial charge in [0.2, 0.25) is 0 Å². The van der Waals surface area contributed by atoms with Crippen molar-refractivity contribution >= 4 is 27.9 Å². The van der Waals surface area contributed by atoms with E-state index >= 15 is 0 Å². The lowest BCUT2D eigenvalue weighted by atomic mass is 10.0. The van der Waals surface area contributed by atoms with Crippen molar-refractivity contribution in [1.82, 2.24) is 10.2 Å². The number of aliphatic carboxylic acids is 1. The molecule has 1 aromatic carbocycles. The van der Waals surface area contributed by atoms with Gasteiger partial charge in [0.1, 0.15) is 0 Å². The van der Waals surface area contributed by atoms with Gasteiger partial charge in [0.15, 0.2) is 0 Å². The number of halogens is 1. The summed E-state index contributed by atoms with van der Waals surface area (Å²) in [4.78, 5) is 24.6. The van der Waals surface area contributed by atoms with E-state index < -0.39 is 5.97 Å². The van der Waals surface area contributed by atoms with E-state index in [1.165, 1.54) is 0 Å². The van der Waals surface area contributed by atoms with E-state index in [1.54, 1.807) is 0 Å². The number of carbonyl (C=O) groups excluding carboxylic acids is 1. The van der Waals surface area contributed by atoms with Crippen molar-refractivity contribution in [3.63, 3.8) is 0 Å². The quantitative estimate of drug-likeness (QED) is 0.781. The summed E-state index contributed by atoms with van der Waals surface area (Å²) in [6.07, 6.45) is 2.48. The first kappa shape index (κ1) is 16.8. The predicted octanol–water partition coefficient (Wildman–Crippen LogP) is 3.47. The fraction of sp³-hybridized carbons (Fsp3) is 0.500. The highest BCUT2D eigenvalue weighted by Gasteiger charge is 2.29. The monoisotopic (exact) mass is 368 g/mol. The first-order valence-electron chi connectivity index (χ1n) is 7.51. The van der Waals surface area contributed by atoms with E-state index in [0.29, 0.717) is 13.0 Å². The second-order valence-corrected chi connectivity index (χ2v) is 6.44. The van der Waals surface area contributed by atoms with Crippen molar-refractivity contribution in [2.75, 3.05) is 13.1 Å². The highest BCUT2D eigenvalue weighted by Crippen LogP contribution is 2.33. The van der Waals surface area contributed by atoms with Gasteiger partial charge in [-0.05, 0) is 43.4 Å². The van der Waals surface area contributed by atoms with Crippen molar-refractivity contribution < 1.29 is 14.7 Å². The first-order chi connectivity index (χ1) is 10.5. The fourth-order valence-corrected chi connectivity index (χ4v) is 3.01. The highest BCUT2D eigenvalue weighted by molar-refractivity contribution is 9.10. The van der Waals surface area contributed by atoms with Gasteiger partial charge in [0, 0.05) is 24.0 Å². The summed E-state index contributed by atoms with van der Waals surface area (Å²) in [6.45, 7) is 3.18. The number of carboxylic acid groups (broad SMARTS) is 1. The minimum Gasteiger partial charge on any atom is -0.481 e. The minimum absolute atomic E-state index is 0.0790. The van der Waals surface area contributed by atoms with E-state index in [9.17, 15) is 9.59 Å². The summed E-state index contributed by atoms with van der Waals surface area (Å²) >= 11 is 3.49. The molecule has 0 aromatic heterocycles. The molecule has 2 N–H and O–H groups in total. The number of nitrogens with one attached hydrogen (secondary N) is 1. The number of carboxylic acids is 1. The SMILES string of the molecule is Cc1cc(C2CCCN2C(=O)NCCCC(=O)O)ccc1Br. The number of aryl methyl sites for hydroxylation is 1. The molecule has 0 saturated carbocycles. The molecule has 0 aliphatic carbocycles. The maximum absolute atomic E-state index is 12.3. The third-order valence-corrected chi connectivity index (χ3v) is 4.81. The van der Waals surface area contributed by atoms with Gasteiger partial charge in [-0.25, -0.2) is 4.79 Å². The number of hydrogen-bond donors (Lipinski definition) is 2. The summed E-state index contributed by atoms with van der Waals surface area (Å²) in [6, 6.07) is 6.19. The number of rotatable bonds is 5. The number of urea groups is 1. The second kappa shape index (κ2) is 7.63. The Morgan fingerprint density at radius 2 is 2.23 bits per heavy atom. The van der Waals surface area contributed by atoms with Crippen molar-refractivity contribution in [3.05, 3.63) is 33.8 Å². The summed E-state index contributed by atoms with van der Waals surface area (Å²) in [5.41, 5.74) is 2.31. The number of carbonyl (C=O) groups is 2. The molecule has 0 radical (unpaired) electrons. The van der Waals surface area contributed by atoms with Crippen LogP contribution < -0.4 is 5.32 Å². The number of amides is 2. The molecule has 1 aliphatic heterocycles. The molecule has 6 heteroatoms. The fourth-order valence-electron chi connectivity index (χ4n) is 2.77. The van der Waals surface area contributed by atoms with Gasteiger partial charge < -0.3 is 15.3 Å². The molecule has 22 heavy (non-hydrogen) atoms. The number of likely N-dealkylation sites (tertiary alicyclic amines) is 1. The van der Waals surface area contributed by atoms with Crippen LogP contribution in [0.5, 0.6) is 0 Å². The van der Waals surface area contributed by atoms with Gasteiger partial charge in [-0.3, -0.25) is 4.79 Å². The van der Waals surface area contributed by atoms with E-state index in [2.05, 4.69) is 33.4 Å². The van der Waals surface area contributed by atoms with Crippen LogP contribution in [0.1, 0.15) is 42.9 Å². The van der Waals surface area contributed by atoms with Crippen LogP contribution in [0.3, 0.4) is 0 Å². The van der Waals surface area contributed by atoms with Gasteiger partial charge in [-0.2, -0.15) is 0 Å². The molecule has 1 heterocycles. The summed E-state index contributed by atoms with van der Waals surface area (Å²) in [5, 5.41) is 11.4. The van der Waals surface area contributed by atoms with Crippen molar-refractivity contribution in [2.24, 2.45) is 0 Å². The van der Waals surface area contributed by atoms with Crippen LogP contribution in [0, 0.1) is 6.92 Å². The number of benzene rings is 1. The van der Waals surface area contributed by atoms with Crippen molar-refractivity contribution in [1.29, 1.82) is 0 Å². The summed E-state index contributed by atoms with van der Waals surface area (Å²) < 4.78 is 1.07. The summed E-state index contributed by atoms with van der Waals surface area (Å²) in [5.74, 6) is -0.835. The molecule has 1 unspecified atom stereocenters. The zero-order valence-electron chi connectivity index (χ0n) is 12.6. The Balaban J connectivity index is 1.96. The third kappa shape index (κ3) is 4.22. The summed E-state index contributed by atoms with van der Waals surface area (Å²) in [7, 11) is 0. The second-order valence-electron chi connectivity index (χ2n) is 5.59. The molecule has 1 aromatic rings. The van der Waals surface area contributed by atoms with E-state index in [4.69, 9.17) is 5.11 Å². The average molecular weight is 369 g/mol. The molecule has 1 saturated heterocycles. The molecule has 0 bridgehead atoms. The minimum atomic E-state index is -0.835. The van der Waals surface area contributed by atoms with E-state index in [1.807, 2.05) is 17.9 Å². The average Bonchev–Trinajstić information content (AvgIpc) is 2.95. The first-order valence-corrected chi connectivity index (χ1v) is 8.30. The van der Waals surface area contributed by atoms with Crippen LogP contribution in [0.15, 0.2) is 22.7 Å². The Morgan fingerprint density at radius 3 is 2.91 bits per heavy atom. The van der Waals surface area contributed by atoms with Gasteiger partial charge >= 0.3 is 12.0 Å². The molecular formula is C16H21BrN2O3. The van der Waals surface area contributed by atoms with Gasteiger partial charge in [0.25, 0.3) is 0 Å². The zero-order chi connectivity index (χ0) is 16.1. The predicted molar refractivity (Wildman–Crippen MR) is 87.8 cm³/mol. The lowest BCUT2D eigenvalue weighted by Crippen LogP contribution is -2.40. The van der Waals surface area contributed by atoms with E-state index in [0.717, 1.165) is 35.0 Å². The Morgan fingerprint density at radius 1 is 1.45 bits per heavy atom. The van der Waals surface area contributed by atoms with Crippen LogP contribution in [-0.2, 0) is 4.79 Å².